The maximum Gasteiger partial charge on any atom is 0.339 e. The molecule has 0 aromatic heterocycles. The first kappa shape index (κ1) is 19.0. The molecule has 2 rings (SSSR count). The fourth-order valence-corrected chi connectivity index (χ4v) is 3.14. The molecule has 0 spiro atoms. The number of benzene rings is 2. The van der Waals surface area contributed by atoms with Gasteiger partial charge in [-0.2, -0.15) is 5.26 Å². The molecule has 8 nitrogen and oxygen atoms in total. The fourth-order valence-electron chi connectivity index (χ4n) is 2.07. The van der Waals surface area contributed by atoms with Crippen molar-refractivity contribution in [1.29, 1.82) is 5.26 Å². The summed E-state index contributed by atoms with van der Waals surface area (Å²) < 4.78 is 36.6. The summed E-state index contributed by atoms with van der Waals surface area (Å²) in [6.45, 7) is 0. The van der Waals surface area contributed by atoms with Gasteiger partial charge in [0.25, 0.3) is 10.0 Å². The maximum atomic E-state index is 12.6. The molecule has 0 bridgehead atoms. The van der Waals surface area contributed by atoms with E-state index >= 15 is 0 Å². The van der Waals surface area contributed by atoms with Gasteiger partial charge in [0.1, 0.15) is 0 Å². The van der Waals surface area contributed by atoms with Crippen LogP contribution < -0.4 is 4.72 Å². The van der Waals surface area contributed by atoms with Gasteiger partial charge in [-0.15, -0.1) is 0 Å². The number of rotatable bonds is 5. The van der Waals surface area contributed by atoms with E-state index in [9.17, 15) is 18.0 Å². The number of carbonyl (C=O) groups excluding carboxylic acids is 2. The quantitative estimate of drug-likeness (QED) is 0.793. The molecule has 0 aliphatic heterocycles. The number of hydrogen-bond acceptors (Lipinski definition) is 7. The Kier molecular flexibility index (Phi) is 5.59. The zero-order valence-electron chi connectivity index (χ0n) is 13.8. The van der Waals surface area contributed by atoms with Gasteiger partial charge >= 0.3 is 11.9 Å². The number of nitrogens with one attached hydrogen (secondary N) is 1. The molecule has 134 valence electrons. The fraction of sp³-hybridized carbons (Fsp3) is 0.118. The molecular weight excluding hydrogens is 360 g/mol. The summed E-state index contributed by atoms with van der Waals surface area (Å²) >= 11 is 0. The van der Waals surface area contributed by atoms with E-state index < -0.39 is 22.0 Å². The largest absolute Gasteiger partial charge is 0.465 e. The monoisotopic (exact) mass is 374 g/mol. The normalized spacial score (nSPS) is 10.5. The molecule has 0 radical (unpaired) electrons. The average molecular weight is 374 g/mol. The number of carbonyl (C=O) groups is 2. The average Bonchev–Trinajstić information content (AvgIpc) is 2.66. The van der Waals surface area contributed by atoms with Crippen LogP contribution in [0.5, 0.6) is 0 Å². The Morgan fingerprint density at radius 3 is 2.15 bits per heavy atom. The number of ether oxygens (including phenoxy) is 2. The van der Waals surface area contributed by atoms with Gasteiger partial charge in [0, 0.05) is 0 Å². The van der Waals surface area contributed by atoms with E-state index in [2.05, 4.69) is 14.2 Å². The number of nitrogens with zero attached hydrogens (tertiary/aromatic N) is 1. The van der Waals surface area contributed by atoms with Crippen molar-refractivity contribution in [2.24, 2.45) is 0 Å². The number of methoxy groups -OCH3 is 2. The number of esters is 2. The molecule has 9 heteroatoms. The molecule has 0 fully saturated rings. The summed E-state index contributed by atoms with van der Waals surface area (Å²) in [6, 6.07) is 10.8. The third-order valence-electron chi connectivity index (χ3n) is 3.38. The summed E-state index contributed by atoms with van der Waals surface area (Å²) in [5.74, 6) is -1.47. The highest BCUT2D eigenvalue weighted by molar-refractivity contribution is 7.92. The van der Waals surface area contributed by atoms with Crippen LogP contribution in [0.1, 0.15) is 26.3 Å². The van der Waals surface area contributed by atoms with E-state index in [1.807, 2.05) is 6.07 Å². The predicted molar refractivity (Wildman–Crippen MR) is 91.1 cm³/mol. The highest BCUT2D eigenvalue weighted by Crippen LogP contribution is 2.23. The summed E-state index contributed by atoms with van der Waals surface area (Å²) in [4.78, 5) is 23.4. The molecule has 0 saturated carbocycles. The smallest absolute Gasteiger partial charge is 0.339 e. The minimum absolute atomic E-state index is 0.0534. The molecule has 0 heterocycles. The molecule has 0 amide bonds. The number of sulfonamides is 1. The van der Waals surface area contributed by atoms with Gasteiger partial charge < -0.3 is 9.47 Å². The number of hydrogen-bond donors (Lipinski definition) is 1. The van der Waals surface area contributed by atoms with E-state index in [0.717, 1.165) is 7.11 Å². The first-order valence-corrected chi connectivity index (χ1v) is 8.64. The van der Waals surface area contributed by atoms with Crippen LogP contribution >= 0.6 is 0 Å². The van der Waals surface area contributed by atoms with E-state index in [1.165, 1.54) is 49.6 Å². The van der Waals surface area contributed by atoms with Gasteiger partial charge in [-0.05, 0) is 42.5 Å². The molecule has 2 aromatic rings. The molecule has 26 heavy (non-hydrogen) atoms. The van der Waals surface area contributed by atoms with E-state index in [1.54, 1.807) is 0 Å². The highest BCUT2D eigenvalue weighted by Gasteiger charge is 2.21. The predicted octanol–water partition coefficient (Wildman–Crippen LogP) is 1.93. The van der Waals surface area contributed by atoms with Gasteiger partial charge in [0.15, 0.2) is 0 Å². The van der Waals surface area contributed by atoms with E-state index in [-0.39, 0.29) is 21.7 Å². The molecular formula is C17H14N2O6S. The molecule has 0 unspecified atom stereocenters. The van der Waals surface area contributed by atoms with Crippen molar-refractivity contribution >= 4 is 27.6 Å². The lowest BCUT2D eigenvalue weighted by Gasteiger charge is -2.13. The van der Waals surface area contributed by atoms with Crippen LogP contribution in [0.4, 0.5) is 5.69 Å². The molecule has 2 aromatic carbocycles. The summed E-state index contributed by atoms with van der Waals surface area (Å²) in [6.07, 6.45) is 0. The van der Waals surface area contributed by atoms with Crippen molar-refractivity contribution in [3.8, 4) is 6.07 Å². The summed E-state index contributed by atoms with van der Waals surface area (Å²) in [5, 5.41) is 8.79. The minimum atomic E-state index is -4.07. The number of anilines is 1. The SMILES string of the molecule is COC(=O)c1ccc(C(=O)OC)c(NS(=O)(=O)c2ccc(C#N)cc2)c1. The van der Waals surface area contributed by atoms with Crippen LogP contribution in [-0.2, 0) is 19.5 Å². The van der Waals surface area contributed by atoms with E-state index in [4.69, 9.17) is 5.26 Å². The molecule has 1 N–H and O–H groups in total. The topological polar surface area (TPSA) is 123 Å². The molecule has 0 saturated heterocycles. The Hall–Kier alpha value is -3.38. The lowest BCUT2D eigenvalue weighted by Crippen LogP contribution is -2.17. The molecule has 0 atom stereocenters. The Bertz CT molecular complexity index is 991. The first-order chi connectivity index (χ1) is 12.3. The van der Waals surface area contributed by atoms with E-state index in [0.29, 0.717) is 5.56 Å². The van der Waals surface area contributed by atoms with Crippen molar-refractivity contribution in [2.75, 3.05) is 18.9 Å². The van der Waals surface area contributed by atoms with Crippen molar-refractivity contribution in [2.45, 2.75) is 4.90 Å². The van der Waals surface area contributed by atoms with Gasteiger partial charge in [-0.1, -0.05) is 0 Å². The van der Waals surface area contributed by atoms with Crippen molar-refractivity contribution in [3.05, 3.63) is 59.2 Å². The third-order valence-corrected chi connectivity index (χ3v) is 4.77. The Labute approximate surface area is 150 Å². The second-order valence-corrected chi connectivity index (χ2v) is 6.67. The second kappa shape index (κ2) is 7.67. The number of nitriles is 1. The van der Waals surface area contributed by atoms with Crippen LogP contribution in [-0.4, -0.2) is 34.6 Å². The Morgan fingerprint density at radius 1 is 1.00 bits per heavy atom. The van der Waals surface area contributed by atoms with Gasteiger partial charge in [-0.25, -0.2) is 18.0 Å². The van der Waals surface area contributed by atoms with Gasteiger partial charge in [-0.3, -0.25) is 4.72 Å². The van der Waals surface area contributed by atoms with Crippen LogP contribution in [0.25, 0.3) is 0 Å². The van der Waals surface area contributed by atoms with Crippen LogP contribution in [0.2, 0.25) is 0 Å². The summed E-state index contributed by atoms with van der Waals surface area (Å²) in [7, 11) is -1.75. The molecule has 0 aliphatic rings. The Morgan fingerprint density at radius 2 is 1.62 bits per heavy atom. The van der Waals surface area contributed by atoms with Crippen LogP contribution in [0.15, 0.2) is 47.4 Å². The van der Waals surface area contributed by atoms with Gasteiger partial charge in [0.2, 0.25) is 0 Å². The highest BCUT2D eigenvalue weighted by atomic mass is 32.2. The third kappa shape index (κ3) is 3.99. The molecule has 0 aliphatic carbocycles. The second-order valence-electron chi connectivity index (χ2n) is 4.99. The van der Waals surface area contributed by atoms with Gasteiger partial charge in [0.05, 0.1) is 47.6 Å². The Balaban J connectivity index is 2.49. The maximum absolute atomic E-state index is 12.6. The minimum Gasteiger partial charge on any atom is -0.465 e. The zero-order chi connectivity index (χ0) is 19.3. The van der Waals surface area contributed by atoms with Crippen molar-refractivity contribution in [1.82, 2.24) is 0 Å². The van der Waals surface area contributed by atoms with Crippen molar-refractivity contribution in [3.63, 3.8) is 0 Å². The van der Waals surface area contributed by atoms with Crippen molar-refractivity contribution < 1.29 is 27.5 Å². The lowest BCUT2D eigenvalue weighted by atomic mass is 10.1. The van der Waals surface area contributed by atoms with Crippen LogP contribution in [0.3, 0.4) is 0 Å². The first-order valence-electron chi connectivity index (χ1n) is 7.16. The summed E-state index contributed by atoms with van der Waals surface area (Å²) in [5.41, 5.74) is 0.144. The zero-order valence-corrected chi connectivity index (χ0v) is 14.7. The van der Waals surface area contributed by atoms with Crippen LogP contribution in [0, 0.1) is 11.3 Å². The standard InChI is InChI=1S/C17H14N2O6S/c1-24-16(20)12-5-8-14(17(21)25-2)15(9-12)19-26(22,23)13-6-3-11(10-18)4-7-13/h3-9,19H,1-2H3. The lowest BCUT2D eigenvalue weighted by molar-refractivity contribution is 0.0587.